The number of halogens is 1. The lowest BCUT2D eigenvalue weighted by Gasteiger charge is -2.11. The Morgan fingerprint density at radius 3 is 2.45 bits per heavy atom. The molecule has 0 aliphatic carbocycles. The van der Waals surface area contributed by atoms with Crippen molar-refractivity contribution in [2.24, 2.45) is 0 Å². The fourth-order valence-corrected chi connectivity index (χ4v) is 3.40. The molecule has 0 unspecified atom stereocenters. The van der Waals surface area contributed by atoms with Crippen LogP contribution in [0, 0.1) is 0 Å². The van der Waals surface area contributed by atoms with E-state index < -0.39 is 5.91 Å². The number of benzene rings is 2. The minimum atomic E-state index is -0.398. The second kappa shape index (κ2) is 12.3. The van der Waals surface area contributed by atoms with E-state index in [2.05, 4.69) is 5.32 Å². The summed E-state index contributed by atoms with van der Waals surface area (Å²) in [6.07, 6.45) is 6.28. The standard InChI is InChI=1S/C22H25ClN2O3S/c1-29-17-12-10-16(11-13-17)15-19(18-7-4-5-8-20(18)23)22(27)24-14-6-2-3-9-21(26)25-28/h4-5,7-8,10-13,15,28H,2-3,6,9,14H2,1H3,(H,24,27)(H,25,26)/b19-15+. The van der Waals surface area contributed by atoms with Crippen LogP contribution in [-0.2, 0) is 9.59 Å². The molecule has 0 atom stereocenters. The Kier molecular flexibility index (Phi) is 9.77. The number of thioether (sulfide) groups is 1. The lowest BCUT2D eigenvalue weighted by molar-refractivity contribution is -0.129. The van der Waals surface area contributed by atoms with Crippen LogP contribution in [0.1, 0.15) is 36.8 Å². The van der Waals surface area contributed by atoms with Gasteiger partial charge in [-0.2, -0.15) is 0 Å². The van der Waals surface area contributed by atoms with Gasteiger partial charge in [-0.25, -0.2) is 5.48 Å². The van der Waals surface area contributed by atoms with Gasteiger partial charge in [-0.3, -0.25) is 14.8 Å². The van der Waals surface area contributed by atoms with Crippen LogP contribution in [-0.4, -0.2) is 29.8 Å². The molecular weight excluding hydrogens is 408 g/mol. The summed E-state index contributed by atoms with van der Waals surface area (Å²) in [4.78, 5) is 25.0. The zero-order valence-corrected chi connectivity index (χ0v) is 17.9. The van der Waals surface area contributed by atoms with Gasteiger partial charge < -0.3 is 5.32 Å². The minimum absolute atomic E-state index is 0.194. The largest absolute Gasteiger partial charge is 0.352 e. The number of hydrogen-bond donors (Lipinski definition) is 3. The molecular formula is C22H25ClN2O3S. The summed E-state index contributed by atoms with van der Waals surface area (Å²) < 4.78 is 0. The average Bonchev–Trinajstić information content (AvgIpc) is 2.75. The summed E-state index contributed by atoms with van der Waals surface area (Å²) in [7, 11) is 0. The highest BCUT2D eigenvalue weighted by molar-refractivity contribution is 7.98. The zero-order valence-electron chi connectivity index (χ0n) is 16.3. The maximum Gasteiger partial charge on any atom is 0.251 e. The molecule has 0 aromatic heterocycles. The first-order chi connectivity index (χ1) is 14.0. The molecule has 2 rings (SSSR count). The number of unbranched alkanes of at least 4 members (excludes halogenated alkanes) is 2. The normalized spacial score (nSPS) is 11.2. The van der Waals surface area contributed by atoms with Crippen molar-refractivity contribution in [3.05, 3.63) is 64.7 Å². The van der Waals surface area contributed by atoms with Gasteiger partial charge in [0.05, 0.1) is 0 Å². The predicted molar refractivity (Wildman–Crippen MR) is 119 cm³/mol. The topological polar surface area (TPSA) is 78.4 Å². The summed E-state index contributed by atoms with van der Waals surface area (Å²) in [6.45, 7) is 0.493. The van der Waals surface area contributed by atoms with Crippen molar-refractivity contribution in [2.75, 3.05) is 12.8 Å². The average molecular weight is 433 g/mol. The van der Waals surface area contributed by atoms with Crippen LogP contribution >= 0.6 is 23.4 Å². The number of amides is 2. The SMILES string of the molecule is CSc1ccc(/C=C(/C(=O)NCCCCCC(=O)NO)c2ccccc2Cl)cc1. The van der Waals surface area contributed by atoms with Crippen molar-refractivity contribution in [3.63, 3.8) is 0 Å². The molecule has 0 saturated carbocycles. The van der Waals surface area contributed by atoms with Gasteiger partial charge in [-0.05, 0) is 48.9 Å². The van der Waals surface area contributed by atoms with Crippen molar-refractivity contribution in [1.82, 2.24) is 10.8 Å². The highest BCUT2D eigenvalue weighted by atomic mass is 35.5. The summed E-state index contributed by atoms with van der Waals surface area (Å²) in [5.41, 5.74) is 3.72. The smallest absolute Gasteiger partial charge is 0.251 e. The Labute approximate surface area is 180 Å². The quantitative estimate of drug-likeness (QED) is 0.126. The van der Waals surface area contributed by atoms with E-state index in [-0.39, 0.29) is 12.3 Å². The molecule has 5 nitrogen and oxygen atoms in total. The first-order valence-corrected chi connectivity index (χ1v) is 11.0. The van der Waals surface area contributed by atoms with E-state index in [0.717, 1.165) is 23.3 Å². The highest BCUT2D eigenvalue weighted by Gasteiger charge is 2.14. The van der Waals surface area contributed by atoms with Crippen molar-refractivity contribution >= 4 is 46.8 Å². The number of hydroxylamine groups is 1. The van der Waals surface area contributed by atoms with Crippen LogP contribution in [0.15, 0.2) is 53.4 Å². The summed E-state index contributed by atoms with van der Waals surface area (Å²) in [6, 6.07) is 15.3. The lowest BCUT2D eigenvalue weighted by atomic mass is 10.0. The van der Waals surface area contributed by atoms with Gasteiger partial charge in [0.15, 0.2) is 0 Å². The molecule has 0 heterocycles. The van der Waals surface area contributed by atoms with Gasteiger partial charge in [0.1, 0.15) is 0 Å². The molecule has 0 aliphatic rings. The van der Waals surface area contributed by atoms with Crippen molar-refractivity contribution in [1.29, 1.82) is 0 Å². The second-order valence-corrected chi connectivity index (χ2v) is 7.70. The minimum Gasteiger partial charge on any atom is -0.352 e. The number of hydrogen-bond acceptors (Lipinski definition) is 4. The fraction of sp³-hybridized carbons (Fsp3) is 0.273. The van der Waals surface area contributed by atoms with Crippen LogP contribution in [0.25, 0.3) is 11.6 Å². The Morgan fingerprint density at radius 2 is 1.79 bits per heavy atom. The third-order valence-corrected chi connectivity index (χ3v) is 5.40. The third-order valence-electron chi connectivity index (χ3n) is 4.33. The molecule has 0 radical (unpaired) electrons. The van der Waals surface area contributed by atoms with Crippen LogP contribution in [0.4, 0.5) is 0 Å². The van der Waals surface area contributed by atoms with E-state index in [9.17, 15) is 9.59 Å². The van der Waals surface area contributed by atoms with Crippen LogP contribution in [0.3, 0.4) is 0 Å². The van der Waals surface area contributed by atoms with Crippen LogP contribution < -0.4 is 10.8 Å². The predicted octanol–water partition coefficient (Wildman–Crippen LogP) is 4.78. The Bertz CT molecular complexity index is 853. The maximum atomic E-state index is 12.9. The second-order valence-electron chi connectivity index (χ2n) is 6.41. The monoisotopic (exact) mass is 432 g/mol. The molecule has 3 N–H and O–H groups in total. The Hall–Kier alpha value is -2.28. The van der Waals surface area contributed by atoms with E-state index in [1.165, 1.54) is 0 Å². The van der Waals surface area contributed by atoms with Gasteiger partial charge in [0.2, 0.25) is 5.91 Å². The van der Waals surface area contributed by atoms with Crippen molar-refractivity contribution in [3.8, 4) is 0 Å². The summed E-state index contributed by atoms with van der Waals surface area (Å²) in [5.74, 6) is -0.592. The molecule has 0 spiro atoms. The number of rotatable bonds is 10. The van der Waals surface area contributed by atoms with Crippen LogP contribution in [0.5, 0.6) is 0 Å². The number of carbonyl (C=O) groups excluding carboxylic acids is 2. The van der Waals surface area contributed by atoms with E-state index in [1.807, 2.05) is 54.8 Å². The first-order valence-electron chi connectivity index (χ1n) is 9.37. The first kappa shape index (κ1) is 23.0. The molecule has 154 valence electrons. The molecule has 0 aliphatic heterocycles. The number of carbonyl (C=O) groups is 2. The van der Waals surface area contributed by atoms with E-state index in [0.29, 0.717) is 29.1 Å². The molecule has 0 fully saturated rings. The summed E-state index contributed by atoms with van der Waals surface area (Å²) in [5, 5.41) is 11.9. The molecule has 7 heteroatoms. The Balaban J connectivity index is 2.07. The molecule has 2 amide bonds. The zero-order chi connectivity index (χ0) is 21.1. The maximum absolute atomic E-state index is 12.9. The molecule has 2 aromatic rings. The third kappa shape index (κ3) is 7.57. The van der Waals surface area contributed by atoms with Crippen molar-refractivity contribution in [2.45, 2.75) is 30.6 Å². The molecule has 0 bridgehead atoms. The fourth-order valence-electron chi connectivity index (χ4n) is 2.75. The molecule has 29 heavy (non-hydrogen) atoms. The van der Waals surface area contributed by atoms with Gasteiger partial charge >= 0.3 is 0 Å². The lowest BCUT2D eigenvalue weighted by Crippen LogP contribution is -2.25. The summed E-state index contributed by atoms with van der Waals surface area (Å²) >= 11 is 8.00. The highest BCUT2D eigenvalue weighted by Crippen LogP contribution is 2.26. The molecule has 0 saturated heterocycles. The van der Waals surface area contributed by atoms with E-state index in [4.69, 9.17) is 16.8 Å². The van der Waals surface area contributed by atoms with Crippen LogP contribution in [0.2, 0.25) is 5.02 Å². The van der Waals surface area contributed by atoms with E-state index >= 15 is 0 Å². The number of nitrogens with one attached hydrogen (secondary N) is 2. The van der Waals surface area contributed by atoms with Gasteiger partial charge in [-0.15, -0.1) is 11.8 Å². The van der Waals surface area contributed by atoms with Gasteiger partial charge in [0.25, 0.3) is 5.91 Å². The van der Waals surface area contributed by atoms with Crippen molar-refractivity contribution < 1.29 is 14.8 Å². The van der Waals surface area contributed by atoms with Gasteiger partial charge in [0, 0.05) is 34.0 Å². The van der Waals surface area contributed by atoms with E-state index in [1.54, 1.807) is 23.3 Å². The van der Waals surface area contributed by atoms with Gasteiger partial charge in [-0.1, -0.05) is 48.4 Å². The molecule has 2 aromatic carbocycles. The Morgan fingerprint density at radius 1 is 1.07 bits per heavy atom.